The second-order valence-corrected chi connectivity index (χ2v) is 4.37. The molecule has 100 valence electrons. The first-order valence-corrected chi connectivity index (χ1v) is 6.24. The fourth-order valence-electron chi connectivity index (χ4n) is 1.85. The molecule has 0 saturated carbocycles. The summed E-state index contributed by atoms with van der Waals surface area (Å²) in [5.74, 6) is -1.36. The van der Waals surface area contributed by atoms with Crippen LogP contribution >= 0.6 is 0 Å². The van der Waals surface area contributed by atoms with Gasteiger partial charge in [0.1, 0.15) is 0 Å². The number of benzene rings is 2. The summed E-state index contributed by atoms with van der Waals surface area (Å²) >= 11 is 0. The Labute approximate surface area is 117 Å². The number of rotatable bonds is 5. The Hall–Kier alpha value is -2.68. The van der Waals surface area contributed by atoms with Crippen LogP contribution in [-0.4, -0.2) is 16.9 Å². The first kappa shape index (κ1) is 13.7. The summed E-state index contributed by atoms with van der Waals surface area (Å²) in [5.41, 5.74) is 1.44. The van der Waals surface area contributed by atoms with E-state index >= 15 is 0 Å². The molecular weight excluding hydrogens is 252 g/mol. The molecule has 0 saturated heterocycles. The first-order valence-electron chi connectivity index (χ1n) is 6.24. The molecule has 0 aliphatic carbocycles. The number of carbonyl (C=O) groups excluding carboxylic acids is 1. The topological polar surface area (TPSA) is 54.4 Å². The fourth-order valence-corrected chi connectivity index (χ4v) is 1.85. The largest absolute Gasteiger partial charge is 0.478 e. The number of hydrogen-bond acceptors (Lipinski definition) is 2. The Balaban J connectivity index is 2.23. The Kier molecular flexibility index (Phi) is 4.45. The molecule has 0 aromatic heterocycles. The van der Waals surface area contributed by atoms with Crippen LogP contribution in [0.1, 0.15) is 15.9 Å². The van der Waals surface area contributed by atoms with E-state index in [4.69, 9.17) is 0 Å². The third-order valence-electron chi connectivity index (χ3n) is 2.88. The first-order chi connectivity index (χ1) is 9.66. The molecule has 2 rings (SSSR count). The highest BCUT2D eigenvalue weighted by Crippen LogP contribution is 2.10. The standard InChI is InChI=1S/C17H14O3/c18-16(14-9-5-2-6-10-14)12-15(17(19)20)11-13-7-3-1-4-8-13/h1-10,12H,11H2,(H,19,20)/b15-12-. The van der Waals surface area contributed by atoms with E-state index in [0.29, 0.717) is 5.56 Å². The number of aliphatic carboxylic acids is 1. The van der Waals surface area contributed by atoms with Crippen LogP contribution in [0.5, 0.6) is 0 Å². The van der Waals surface area contributed by atoms with Gasteiger partial charge in [0.25, 0.3) is 0 Å². The van der Waals surface area contributed by atoms with Crippen molar-refractivity contribution in [1.82, 2.24) is 0 Å². The summed E-state index contributed by atoms with van der Waals surface area (Å²) in [6, 6.07) is 17.9. The third-order valence-corrected chi connectivity index (χ3v) is 2.88. The molecule has 20 heavy (non-hydrogen) atoms. The van der Waals surface area contributed by atoms with Gasteiger partial charge < -0.3 is 5.11 Å². The van der Waals surface area contributed by atoms with E-state index < -0.39 is 5.97 Å². The van der Waals surface area contributed by atoms with E-state index in [0.717, 1.165) is 5.56 Å². The van der Waals surface area contributed by atoms with Crippen molar-refractivity contribution in [2.45, 2.75) is 6.42 Å². The molecule has 0 bridgehead atoms. The van der Waals surface area contributed by atoms with Crippen LogP contribution < -0.4 is 0 Å². The van der Waals surface area contributed by atoms with Crippen molar-refractivity contribution >= 4 is 11.8 Å². The molecule has 0 heterocycles. The molecule has 0 amide bonds. The smallest absolute Gasteiger partial charge is 0.332 e. The van der Waals surface area contributed by atoms with Crippen LogP contribution in [0, 0.1) is 0 Å². The summed E-state index contributed by atoms with van der Waals surface area (Å²) in [4.78, 5) is 23.3. The molecule has 0 fully saturated rings. The molecule has 3 heteroatoms. The highest BCUT2D eigenvalue weighted by atomic mass is 16.4. The van der Waals surface area contributed by atoms with E-state index in [1.165, 1.54) is 6.08 Å². The van der Waals surface area contributed by atoms with E-state index in [9.17, 15) is 14.7 Å². The monoisotopic (exact) mass is 266 g/mol. The van der Waals surface area contributed by atoms with Crippen molar-refractivity contribution in [2.75, 3.05) is 0 Å². The number of carboxylic acids is 1. The zero-order valence-electron chi connectivity index (χ0n) is 10.8. The quantitative estimate of drug-likeness (QED) is 0.668. The van der Waals surface area contributed by atoms with Gasteiger partial charge in [0.15, 0.2) is 5.78 Å². The average Bonchev–Trinajstić information content (AvgIpc) is 2.48. The molecular formula is C17H14O3. The Morgan fingerprint density at radius 3 is 2.00 bits per heavy atom. The van der Waals surface area contributed by atoms with Crippen LogP contribution in [0.3, 0.4) is 0 Å². The number of ketones is 1. The highest BCUT2D eigenvalue weighted by Gasteiger charge is 2.11. The van der Waals surface area contributed by atoms with Gasteiger partial charge in [0.05, 0.1) is 0 Å². The minimum absolute atomic E-state index is 0.0880. The van der Waals surface area contributed by atoms with E-state index in [-0.39, 0.29) is 17.8 Å². The highest BCUT2D eigenvalue weighted by molar-refractivity contribution is 6.08. The third kappa shape index (κ3) is 3.65. The van der Waals surface area contributed by atoms with Crippen LogP contribution in [0.2, 0.25) is 0 Å². The molecule has 2 aromatic rings. The predicted molar refractivity (Wildman–Crippen MR) is 76.6 cm³/mol. The van der Waals surface area contributed by atoms with E-state index in [1.54, 1.807) is 24.3 Å². The minimum atomic E-state index is -1.07. The van der Waals surface area contributed by atoms with Gasteiger partial charge in [-0.05, 0) is 11.6 Å². The van der Waals surface area contributed by atoms with Crippen molar-refractivity contribution in [2.24, 2.45) is 0 Å². The van der Waals surface area contributed by atoms with Crippen molar-refractivity contribution in [1.29, 1.82) is 0 Å². The lowest BCUT2D eigenvalue weighted by Gasteiger charge is -2.03. The maximum absolute atomic E-state index is 12.0. The van der Waals surface area contributed by atoms with Crippen LogP contribution in [0.25, 0.3) is 0 Å². The zero-order valence-corrected chi connectivity index (χ0v) is 10.8. The van der Waals surface area contributed by atoms with Gasteiger partial charge in [0, 0.05) is 17.6 Å². The summed E-state index contributed by atoms with van der Waals surface area (Å²) in [5, 5.41) is 9.21. The van der Waals surface area contributed by atoms with Gasteiger partial charge in [-0.1, -0.05) is 60.7 Å². The number of allylic oxidation sites excluding steroid dienone is 1. The van der Waals surface area contributed by atoms with Gasteiger partial charge in [-0.2, -0.15) is 0 Å². The van der Waals surface area contributed by atoms with Crippen molar-refractivity contribution in [3.8, 4) is 0 Å². The van der Waals surface area contributed by atoms with E-state index in [1.807, 2.05) is 36.4 Å². The number of carbonyl (C=O) groups is 2. The van der Waals surface area contributed by atoms with Crippen molar-refractivity contribution < 1.29 is 14.7 Å². The number of carboxylic acid groups (broad SMARTS) is 1. The summed E-state index contributed by atoms with van der Waals surface area (Å²) < 4.78 is 0. The fraction of sp³-hybridized carbons (Fsp3) is 0.0588. The van der Waals surface area contributed by atoms with Gasteiger partial charge in [-0.25, -0.2) is 4.79 Å². The van der Waals surface area contributed by atoms with E-state index in [2.05, 4.69) is 0 Å². The minimum Gasteiger partial charge on any atom is -0.478 e. The molecule has 0 spiro atoms. The van der Waals surface area contributed by atoms with Crippen LogP contribution in [0.4, 0.5) is 0 Å². The van der Waals surface area contributed by atoms with Crippen LogP contribution in [-0.2, 0) is 11.2 Å². The molecule has 2 aromatic carbocycles. The van der Waals surface area contributed by atoms with Crippen LogP contribution in [0.15, 0.2) is 72.3 Å². The summed E-state index contributed by atoms with van der Waals surface area (Å²) in [7, 11) is 0. The normalized spacial score (nSPS) is 11.1. The van der Waals surface area contributed by atoms with Gasteiger partial charge >= 0.3 is 5.97 Å². The predicted octanol–water partition coefficient (Wildman–Crippen LogP) is 3.12. The lowest BCUT2D eigenvalue weighted by atomic mass is 10.0. The second kappa shape index (κ2) is 6.48. The molecule has 0 aliphatic heterocycles. The molecule has 1 N–H and O–H groups in total. The SMILES string of the molecule is O=C(O)/C(=C\C(=O)c1ccccc1)Cc1ccccc1. The Morgan fingerprint density at radius 2 is 1.45 bits per heavy atom. The summed E-state index contributed by atoms with van der Waals surface area (Å²) in [6.45, 7) is 0. The van der Waals surface area contributed by atoms with Crippen molar-refractivity contribution in [3.05, 3.63) is 83.4 Å². The second-order valence-electron chi connectivity index (χ2n) is 4.37. The zero-order chi connectivity index (χ0) is 14.4. The van der Waals surface area contributed by atoms with Crippen molar-refractivity contribution in [3.63, 3.8) is 0 Å². The van der Waals surface area contributed by atoms with Gasteiger partial charge in [0.2, 0.25) is 0 Å². The molecule has 0 radical (unpaired) electrons. The molecule has 3 nitrogen and oxygen atoms in total. The van der Waals surface area contributed by atoms with Gasteiger partial charge in [-0.15, -0.1) is 0 Å². The lowest BCUT2D eigenvalue weighted by Crippen LogP contribution is -2.07. The molecule has 0 aliphatic rings. The Bertz CT molecular complexity index is 628. The molecule has 0 atom stereocenters. The lowest BCUT2D eigenvalue weighted by molar-refractivity contribution is -0.132. The molecule has 0 unspecified atom stereocenters. The number of hydrogen-bond donors (Lipinski definition) is 1. The van der Waals surface area contributed by atoms with Gasteiger partial charge in [-0.3, -0.25) is 4.79 Å². The average molecular weight is 266 g/mol. The Morgan fingerprint density at radius 1 is 0.900 bits per heavy atom. The maximum atomic E-state index is 12.0. The maximum Gasteiger partial charge on any atom is 0.332 e. The summed E-state index contributed by atoms with van der Waals surface area (Å²) in [6.07, 6.45) is 1.43.